The Morgan fingerprint density at radius 3 is 2.67 bits per heavy atom. The van der Waals surface area contributed by atoms with Gasteiger partial charge < -0.3 is 10.6 Å². The van der Waals surface area contributed by atoms with Gasteiger partial charge in [-0.3, -0.25) is 0 Å². The lowest BCUT2D eigenvalue weighted by atomic mass is 9.92. The zero-order chi connectivity index (χ0) is 13.2. The van der Waals surface area contributed by atoms with Gasteiger partial charge in [-0.25, -0.2) is 0 Å². The topological polar surface area (TPSA) is 24.1 Å². The Labute approximate surface area is 115 Å². The first-order chi connectivity index (χ1) is 8.46. The summed E-state index contributed by atoms with van der Waals surface area (Å²) in [4.78, 5) is 0. The maximum atomic E-state index is 5.39. The number of benzene rings is 1. The van der Waals surface area contributed by atoms with Gasteiger partial charge in [-0.05, 0) is 55.4 Å². The summed E-state index contributed by atoms with van der Waals surface area (Å²) in [5.74, 6) is 0. The van der Waals surface area contributed by atoms with E-state index in [4.69, 9.17) is 12.2 Å². The van der Waals surface area contributed by atoms with Crippen LogP contribution in [0.25, 0.3) is 0 Å². The van der Waals surface area contributed by atoms with Crippen molar-refractivity contribution in [3.8, 4) is 0 Å². The third-order valence-electron chi connectivity index (χ3n) is 3.70. The molecule has 2 rings (SSSR count). The average molecular weight is 262 g/mol. The first-order valence-corrected chi connectivity index (χ1v) is 7.00. The maximum absolute atomic E-state index is 5.39. The summed E-state index contributed by atoms with van der Waals surface area (Å²) in [6, 6.07) is 8.72. The highest BCUT2D eigenvalue weighted by atomic mass is 32.1. The Morgan fingerprint density at radius 2 is 2.06 bits per heavy atom. The second kappa shape index (κ2) is 5.27. The van der Waals surface area contributed by atoms with Gasteiger partial charge in [0.25, 0.3) is 0 Å². The fraction of sp³-hybridized carbons (Fsp3) is 0.533. The molecule has 0 amide bonds. The number of para-hydroxylation sites is 1. The fourth-order valence-electron chi connectivity index (χ4n) is 2.62. The first kappa shape index (κ1) is 13.3. The van der Waals surface area contributed by atoms with Crippen molar-refractivity contribution in [1.82, 2.24) is 5.32 Å². The summed E-state index contributed by atoms with van der Waals surface area (Å²) in [6.07, 6.45) is 3.68. The van der Waals surface area contributed by atoms with E-state index in [-0.39, 0.29) is 0 Å². The molecule has 2 N–H and O–H groups in total. The van der Waals surface area contributed by atoms with Crippen molar-refractivity contribution in [3.63, 3.8) is 0 Å². The minimum absolute atomic E-state index is 0.454. The Kier molecular flexibility index (Phi) is 3.91. The summed E-state index contributed by atoms with van der Waals surface area (Å²) in [6.45, 7) is 6.74. The van der Waals surface area contributed by atoms with Crippen LogP contribution in [0.4, 0.5) is 5.69 Å². The molecule has 1 aliphatic rings. The molecule has 18 heavy (non-hydrogen) atoms. The zero-order valence-electron chi connectivity index (χ0n) is 11.4. The highest BCUT2D eigenvalue weighted by molar-refractivity contribution is 7.80. The zero-order valence-corrected chi connectivity index (χ0v) is 12.2. The van der Waals surface area contributed by atoms with Crippen LogP contribution in [0, 0.1) is 12.3 Å². The fourth-order valence-corrected chi connectivity index (χ4v) is 2.89. The van der Waals surface area contributed by atoms with E-state index in [2.05, 4.69) is 43.5 Å². The second-order valence-electron chi connectivity index (χ2n) is 6.02. The molecule has 0 radical (unpaired) electrons. The van der Waals surface area contributed by atoms with Crippen molar-refractivity contribution in [3.05, 3.63) is 29.8 Å². The van der Waals surface area contributed by atoms with Gasteiger partial charge in [0.1, 0.15) is 0 Å². The minimum Gasteiger partial charge on any atom is -0.360 e. The predicted molar refractivity (Wildman–Crippen MR) is 82.0 cm³/mol. The molecule has 98 valence electrons. The van der Waals surface area contributed by atoms with Gasteiger partial charge in [0.2, 0.25) is 0 Å². The van der Waals surface area contributed by atoms with E-state index in [0.29, 0.717) is 11.5 Å². The van der Waals surface area contributed by atoms with Crippen molar-refractivity contribution >= 4 is 23.0 Å². The van der Waals surface area contributed by atoms with E-state index in [9.17, 15) is 0 Å². The van der Waals surface area contributed by atoms with Gasteiger partial charge in [0.15, 0.2) is 5.11 Å². The smallest absolute Gasteiger partial charge is 0.171 e. The molecule has 0 bridgehead atoms. The molecule has 1 aromatic rings. The standard InChI is InChI=1S/C15H22N2S/c1-11-6-4-5-7-13(11)17-14(18)16-12-8-9-15(2,3)10-12/h4-7,12H,8-10H2,1-3H3,(H2,16,17,18). The van der Waals surface area contributed by atoms with Crippen LogP contribution < -0.4 is 10.6 Å². The molecule has 1 fully saturated rings. The van der Waals surface area contributed by atoms with E-state index in [1.54, 1.807) is 0 Å². The molecule has 1 aliphatic carbocycles. The van der Waals surface area contributed by atoms with Crippen LogP contribution in [0.1, 0.15) is 38.7 Å². The number of hydrogen-bond acceptors (Lipinski definition) is 1. The Bertz CT molecular complexity index is 440. The number of aryl methyl sites for hydroxylation is 1. The largest absolute Gasteiger partial charge is 0.360 e. The summed E-state index contributed by atoms with van der Waals surface area (Å²) < 4.78 is 0. The molecule has 0 aromatic heterocycles. The minimum atomic E-state index is 0.454. The van der Waals surface area contributed by atoms with E-state index in [1.807, 2.05) is 12.1 Å². The van der Waals surface area contributed by atoms with Gasteiger partial charge in [-0.1, -0.05) is 32.0 Å². The van der Waals surface area contributed by atoms with Crippen molar-refractivity contribution < 1.29 is 0 Å². The van der Waals surface area contributed by atoms with Crippen molar-refractivity contribution in [2.75, 3.05) is 5.32 Å². The van der Waals surface area contributed by atoms with Gasteiger partial charge in [-0.2, -0.15) is 0 Å². The Hall–Kier alpha value is -1.09. The van der Waals surface area contributed by atoms with Gasteiger partial charge in [0.05, 0.1) is 0 Å². The summed E-state index contributed by atoms with van der Waals surface area (Å²) in [5.41, 5.74) is 2.76. The lowest BCUT2D eigenvalue weighted by molar-refractivity contribution is 0.372. The van der Waals surface area contributed by atoms with Crippen molar-refractivity contribution in [2.24, 2.45) is 5.41 Å². The van der Waals surface area contributed by atoms with Crippen LogP contribution >= 0.6 is 12.2 Å². The Balaban J connectivity index is 1.88. The normalized spacial score (nSPS) is 21.6. The third-order valence-corrected chi connectivity index (χ3v) is 3.92. The SMILES string of the molecule is Cc1ccccc1NC(=S)NC1CCC(C)(C)C1. The van der Waals surface area contributed by atoms with Gasteiger partial charge in [0, 0.05) is 11.7 Å². The summed E-state index contributed by atoms with van der Waals surface area (Å²) >= 11 is 5.39. The highest BCUT2D eigenvalue weighted by Crippen LogP contribution is 2.36. The lowest BCUT2D eigenvalue weighted by Gasteiger charge is -2.20. The number of nitrogens with one attached hydrogen (secondary N) is 2. The summed E-state index contributed by atoms with van der Waals surface area (Å²) in [5, 5.41) is 7.46. The molecule has 1 atom stereocenters. The Morgan fingerprint density at radius 1 is 1.33 bits per heavy atom. The van der Waals surface area contributed by atoms with Gasteiger partial charge >= 0.3 is 0 Å². The lowest BCUT2D eigenvalue weighted by Crippen LogP contribution is -2.36. The van der Waals surface area contributed by atoms with Crippen LogP contribution in [0.15, 0.2) is 24.3 Å². The first-order valence-electron chi connectivity index (χ1n) is 6.59. The predicted octanol–water partition coefficient (Wildman–Crippen LogP) is 3.86. The van der Waals surface area contributed by atoms with E-state index in [1.165, 1.54) is 24.8 Å². The average Bonchev–Trinajstić information content (AvgIpc) is 2.61. The number of hydrogen-bond donors (Lipinski definition) is 2. The van der Waals surface area contributed by atoms with Crippen molar-refractivity contribution in [1.29, 1.82) is 0 Å². The van der Waals surface area contributed by atoms with Crippen LogP contribution in [-0.4, -0.2) is 11.2 Å². The van der Waals surface area contributed by atoms with Crippen LogP contribution in [0.5, 0.6) is 0 Å². The van der Waals surface area contributed by atoms with Crippen LogP contribution in [0.3, 0.4) is 0 Å². The number of thiocarbonyl (C=S) groups is 1. The van der Waals surface area contributed by atoms with Gasteiger partial charge in [-0.15, -0.1) is 0 Å². The molecule has 0 aliphatic heterocycles. The van der Waals surface area contributed by atoms with Crippen LogP contribution in [-0.2, 0) is 0 Å². The molecule has 2 nitrogen and oxygen atoms in total. The molecule has 0 heterocycles. The van der Waals surface area contributed by atoms with E-state index < -0.39 is 0 Å². The molecule has 1 saturated carbocycles. The molecule has 0 spiro atoms. The van der Waals surface area contributed by atoms with Crippen molar-refractivity contribution in [2.45, 2.75) is 46.1 Å². The van der Waals surface area contributed by atoms with E-state index >= 15 is 0 Å². The molecule has 3 heteroatoms. The van der Waals surface area contributed by atoms with Crippen LogP contribution in [0.2, 0.25) is 0 Å². The molecule has 0 saturated heterocycles. The monoisotopic (exact) mass is 262 g/mol. The second-order valence-corrected chi connectivity index (χ2v) is 6.43. The third kappa shape index (κ3) is 3.45. The summed E-state index contributed by atoms with van der Waals surface area (Å²) in [7, 11) is 0. The maximum Gasteiger partial charge on any atom is 0.171 e. The molecular weight excluding hydrogens is 240 g/mol. The quantitative estimate of drug-likeness (QED) is 0.791. The molecule has 1 unspecified atom stereocenters. The molecular formula is C15H22N2S. The highest BCUT2D eigenvalue weighted by Gasteiger charge is 2.31. The number of anilines is 1. The molecule has 1 aromatic carbocycles. The van der Waals surface area contributed by atoms with E-state index in [0.717, 1.165) is 10.8 Å². The number of rotatable bonds is 2.